The number of aromatic nitrogens is 1. The van der Waals surface area contributed by atoms with Crippen molar-refractivity contribution in [2.24, 2.45) is 11.8 Å². The number of piperidine rings is 1. The van der Waals surface area contributed by atoms with Crippen molar-refractivity contribution in [2.75, 3.05) is 18.4 Å². The third kappa shape index (κ3) is 4.38. The van der Waals surface area contributed by atoms with Crippen molar-refractivity contribution in [2.45, 2.75) is 38.5 Å². The Kier molecular flexibility index (Phi) is 5.53. The summed E-state index contributed by atoms with van der Waals surface area (Å²) in [5.74, 6) is 1.49. The van der Waals surface area contributed by atoms with E-state index in [4.69, 9.17) is 0 Å². The largest absolute Gasteiger partial charge is 0.342 e. The highest BCUT2D eigenvalue weighted by molar-refractivity contribution is 7.14. The zero-order chi connectivity index (χ0) is 18.6. The fraction of sp³-hybridized carbons (Fsp3) is 0.476. The molecule has 1 saturated carbocycles. The first-order valence-electron chi connectivity index (χ1n) is 9.77. The van der Waals surface area contributed by atoms with Gasteiger partial charge in [0.25, 0.3) is 5.91 Å². The van der Waals surface area contributed by atoms with E-state index in [2.05, 4.69) is 10.3 Å². The fourth-order valence-electron chi connectivity index (χ4n) is 4.30. The lowest BCUT2D eigenvalue weighted by Crippen LogP contribution is -2.45. The number of amides is 2. The van der Waals surface area contributed by atoms with Gasteiger partial charge in [0.05, 0.1) is 12.1 Å². The summed E-state index contributed by atoms with van der Waals surface area (Å²) >= 11 is 1.37. The van der Waals surface area contributed by atoms with Gasteiger partial charge in [0.15, 0.2) is 5.13 Å². The summed E-state index contributed by atoms with van der Waals surface area (Å²) in [5, 5.41) is 5.22. The predicted octanol–water partition coefficient (Wildman–Crippen LogP) is 3.98. The predicted molar refractivity (Wildman–Crippen MR) is 107 cm³/mol. The Labute approximate surface area is 163 Å². The summed E-state index contributed by atoms with van der Waals surface area (Å²) in [6, 6.07) is 9.07. The normalized spacial score (nSPS) is 22.1. The van der Waals surface area contributed by atoms with E-state index in [0.29, 0.717) is 23.0 Å². The molecular weight excluding hydrogens is 358 g/mol. The maximum absolute atomic E-state index is 12.7. The van der Waals surface area contributed by atoms with Gasteiger partial charge in [-0.25, -0.2) is 4.98 Å². The van der Waals surface area contributed by atoms with Crippen molar-refractivity contribution in [1.82, 2.24) is 9.88 Å². The molecular formula is C21H25N3O2S. The van der Waals surface area contributed by atoms with E-state index in [-0.39, 0.29) is 11.8 Å². The molecule has 0 unspecified atom stereocenters. The molecule has 6 heteroatoms. The molecule has 2 amide bonds. The van der Waals surface area contributed by atoms with Crippen LogP contribution in [-0.2, 0) is 11.2 Å². The van der Waals surface area contributed by atoms with E-state index in [1.165, 1.54) is 37.0 Å². The van der Waals surface area contributed by atoms with Crippen LogP contribution in [0.5, 0.6) is 0 Å². The summed E-state index contributed by atoms with van der Waals surface area (Å²) in [6.07, 6.45) is 6.72. The Hall–Kier alpha value is -2.21. The number of thiazole rings is 1. The molecule has 2 atom stereocenters. The smallest absolute Gasteiger partial charge is 0.257 e. The van der Waals surface area contributed by atoms with E-state index in [1.54, 1.807) is 12.1 Å². The molecule has 2 heterocycles. The van der Waals surface area contributed by atoms with Crippen molar-refractivity contribution in [3.63, 3.8) is 0 Å². The standard InChI is InChI=1S/C21H25N3O2S/c25-19(24-11-10-15-6-4-5-9-17(15)13-24)12-18-14-27-21(22-18)23-20(26)16-7-2-1-3-8-16/h1-3,7-8,14-15,17H,4-6,9-13H2,(H,22,23,26)/t15-,17-/m0/s1. The quantitative estimate of drug-likeness (QED) is 0.869. The number of fused-ring (bicyclic) bond motifs is 1. The third-order valence-electron chi connectivity index (χ3n) is 5.78. The lowest BCUT2D eigenvalue weighted by atomic mass is 9.75. The first-order chi connectivity index (χ1) is 13.2. The molecule has 2 fully saturated rings. The number of likely N-dealkylation sites (tertiary alicyclic amines) is 1. The molecule has 0 spiro atoms. The number of anilines is 1. The topological polar surface area (TPSA) is 62.3 Å². The van der Waals surface area contributed by atoms with Crippen LogP contribution in [0.4, 0.5) is 5.13 Å². The Balaban J connectivity index is 1.32. The zero-order valence-corrected chi connectivity index (χ0v) is 16.2. The second-order valence-electron chi connectivity index (χ2n) is 7.57. The van der Waals surface area contributed by atoms with Gasteiger partial charge >= 0.3 is 0 Å². The highest BCUT2D eigenvalue weighted by Crippen LogP contribution is 2.36. The second kappa shape index (κ2) is 8.21. The van der Waals surface area contributed by atoms with Crippen molar-refractivity contribution in [1.29, 1.82) is 0 Å². The SMILES string of the molecule is O=C(Nc1nc(CC(=O)N2CC[C@@H]3CCCC[C@H]3C2)cs1)c1ccccc1. The third-order valence-corrected chi connectivity index (χ3v) is 6.59. The summed E-state index contributed by atoms with van der Waals surface area (Å²) < 4.78 is 0. The van der Waals surface area contributed by atoms with Gasteiger partial charge in [-0.1, -0.05) is 37.5 Å². The van der Waals surface area contributed by atoms with Gasteiger partial charge in [-0.2, -0.15) is 0 Å². The molecule has 27 heavy (non-hydrogen) atoms. The van der Waals surface area contributed by atoms with Crippen molar-refractivity contribution in [3.05, 3.63) is 47.0 Å². The Morgan fingerprint density at radius 2 is 1.89 bits per heavy atom. The van der Waals surface area contributed by atoms with Gasteiger partial charge in [0.1, 0.15) is 0 Å². The number of rotatable bonds is 4. The summed E-state index contributed by atoms with van der Waals surface area (Å²) in [6.45, 7) is 1.78. The molecule has 2 aromatic rings. The van der Waals surface area contributed by atoms with Crippen molar-refractivity contribution < 1.29 is 9.59 Å². The minimum Gasteiger partial charge on any atom is -0.342 e. The molecule has 0 radical (unpaired) electrons. The highest BCUT2D eigenvalue weighted by atomic mass is 32.1. The van der Waals surface area contributed by atoms with Crippen LogP contribution in [0.25, 0.3) is 0 Å². The Morgan fingerprint density at radius 3 is 2.70 bits per heavy atom. The molecule has 1 aliphatic heterocycles. The second-order valence-corrected chi connectivity index (χ2v) is 8.43. The number of hydrogen-bond acceptors (Lipinski definition) is 4. The number of carbonyl (C=O) groups excluding carboxylic acids is 2. The number of nitrogens with zero attached hydrogens (tertiary/aromatic N) is 2. The first kappa shape index (κ1) is 18.2. The number of hydrogen-bond donors (Lipinski definition) is 1. The van der Waals surface area contributed by atoms with Crippen LogP contribution in [-0.4, -0.2) is 34.8 Å². The number of carbonyl (C=O) groups is 2. The molecule has 1 aliphatic carbocycles. The molecule has 0 bridgehead atoms. The summed E-state index contributed by atoms with van der Waals surface area (Å²) in [5.41, 5.74) is 1.33. The molecule has 1 aromatic heterocycles. The van der Waals surface area contributed by atoms with Gasteiger partial charge in [0, 0.05) is 24.0 Å². The molecule has 4 rings (SSSR count). The number of nitrogens with one attached hydrogen (secondary N) is 1. The maximum Gasteiger partial charge on any atom is 0.257 e. The zero-order valence-electron chi connectivity index (χ0n) is 15.4. The minimum atomic E-state index is -0.179. The molecule has 1 saturated heterocycles. The van der Waals surface area contributed by atoms with E-state index in [9.17, 15) is 9.59 Å². The average molecular weight is 384 g/mol. The van der Waals surface area contributed by atoms with Crippen LogP contribution in [0.15, 0.2) is 35.7 Å². The lowest BCUT2D eigenvalue weighted by Gasteiger charge is -2.41. The van der Waals surface area contributed by atoms with Crippen LogP contribution >= 0.6 is 11.3 Å². The number of benzene rings is 1. The van der Waals surface area contributed by atoms with Gasteiger partial charge in [0.2, 0.25) is 5.91 Å². The van der Waals surface area contributed by atoms with Gasteiger partial charge in [-0.15, -0.1) is 11.3 Å². The van der Waals surface area contributed by atoms with Crippen LogP contribution in [0.2, 0.25) is 0 Å². The summed E-state index contributed by atoms with van der Waals surface area (Å²) in [7, 11) is 0. The van der Waals surface area contributed by atoms with Crippen molar-refractivity contribution >= 4 is 28.3 Å². The lowest BCUT2D eigenvalue weighted by molar-refractivity contribution is -0.133. The van der Waals surface area contributed by atoms with Gasteiger partial charge in [-0.05, 0) is 36.8 Å². The molecule has 5 nitrogen and oxygen atoms in total. The van der Waals surface area contributed by atoms with E-state index in [1.807, 2.05) is 28.5 Å². The van der Waals surface area contributed by atoms with Crippen LogP contribution < -0.4 is 5.32 Å². The molecule has 1 N–H and O–H groups in total. The van der Waals surface area contributed by atoms with Crippen LogP contribution in [0.1, 0.15) is 48.2 Å². The van der Waals surface area contributed by atoms with E-state index < -0.39 is 0 Å². The minimum absolute atomic E-state index is 0.158. The maximum atomic E-state index is 12.7. The van der Waals surface area contributed by atoms with Gasteiger partial charge < -0.3 is 4.90 Å². The fourth-order valence-corrected chi connectivity index (χ4v) is 5.00. The van der Waals surface area contributed by atoms with E-state index in [0.717, 1.165) is 31.1 Å². The van der Waals surface area contributed by atoms with E-state index >= 15 is 0 Å². The molecule has 1 aromatic carbocycles. The van der Waals surface area contributed by atoms with Gasteiger partial charge in [-0.3, -0.25) is 14.9 Å². The Morgan fingerprint density at radius 1 is 1.11 bits per heavy atom. The van der Waals surface area contributed by atoms with Crippen LogP contribution in [0, 0.1) is 11.8 Å². The monoisotopic (exact) mass is 383 g/mol. The Bertz CT molecular complexity index is 805. The highest BCUT2D eigenvalue weighted by Gasteiger charge is 2.32. The van der Waals surface area contributed by atoms with Crippen molar-refractivity contribution in [3.8, 4) is 0 Å². The summed E-state index contributed by atoms with van der Waals surface area (Å²) in [4.78, 5) is 31.4. The molecule has 2 aliphatic rings. The van der Waals surface area contributed by atoms with Crippen LogP contribution in [0.3, 0.4) is 0 Å². The first-order valence-corrected chi connectivity index (χ1v) is 10.7. The average Bonchev–Trinajstić information content (AvgIpc) is 3.15. The molecule has 142 valence electrons.